The summed E-state index contributed by atoms with van der Waals surface area (Å²) in [6, 6.07) is 9.51. The Morgan fingerprint density at radius 2 is 1.84 bits per heavy atom. The molecule has 6 nitrogen and oxygen atoms in total. The molecule has 2 aromatic heterocycles. The van der Waals surface area contributed by atoms with E-state index in [9.17, 15) is 27.2 Å². The van der Waals surface area contributed by atoms with Crippen molar-refractivity contribution in [2.24, 2.45) is 0 Å². The molecule has 1 amide bonds. The number of rotatable bonds is 4. The predicted molar refractivity (Wildman–Crippen MR) is 102 cm³/mol. The highest BCUT2D eigenvalue weighted by molar-refractivity contribution is 5.97. The van der Waals surface area contributed by atoms with Crippen LogP contribution in [-0.2, 0) is 6.18 Å². The van der Waals surface area contributed by atoms with Gasteiger partial charge in [-0.15, -0.1) is 0 Å². The Balaban J connectivity index is 1.71. The van der Waals surface area contributed by atoms with Crippen molar-refractivity contribution >= 4 is 17.0 Å². The van der Waals surface area contributed by atoms with Crippen LogP contribution in [0.1, 0.15) is 33.2 Å². The molecule has 0 saturated heterocycles. The van der Waals surface area contributed by atoms with Crippen LogP contribution in [0.2, 0.25) is 0 Å². The van der Waals surface area contributed by atoms with E-state index in [0.717, 1.165) is 30.3 Å². The first-order chi connectivity index (χ1) is 14.7. The number of amides is 1. The summed E-state index contributed by atoms with van der Waals surface area (Å²) < 4.78 is 58.0. The first-order valence-corrected chi connectivity index (χ1v) is 8.93. The van der Waals surface area contributed by atoms with Gasteiger partial charge in [0.1, 0.15) is 11.5 Å². The lowest BCUT2D eigenvalue weighted by molar-refractivity contribution is -0.137. The number of benzene rings is 2. The maximum Gasteiger partial charge on any atom is 0.417 e. The van der Waals surface area contributed by atoms with Gasteiger partial charge in [0.25, 0.3) is 5.91 Å². The zero-order valence-corrected chi connectivity index (χ0v) is 15.5. The zero-order valence-electron chi connectivity index (χ0n) is 15.5. The minimum absolute atomic E-state index is 0.100. The van der Waals surface area contributed by atoms with E-state index in [-0.39, 0.29) is 22.4 Å². The fourth-order valence-corrected chi connectivity index (χ4v) is 3.09. The van der Waals surface area contributed by atoms with Gasteiger partial charge in [0.15, 0.2) is 5.58 Å². The monoisotopic (exact) mass is 431 g/mol. The second kappa shape index (κ2) is 7.71. The van der Waals surface area contributed by atoms with Gasteiger partial charge in [-0.05, 0) is 48.0 Å². The Morgan fingerprint density at radius 3 is 2.52 bits per heavy atom. The third kappa shape index (κ3) is 4.18. The smallest absolute Gasteiger partial charge is 0.408 e. The number of oxazole rings is 1. The summed E-state index contributed by atoms with van der Waals surface area (Å²) in [7, 11) is 0. The Labute approximate surface area is 171 Å². The Kier molecular flexibility index (Phi) is 5.05. The molecule has 0 aliphatic heterocycles. The van der Waals surface area contributed by atoms with Gasteiger partial charge in [-0.1, -0.05) is 12.1 Å². The number of hydrogen-bond donors (Lipinski definition) is 2. The molecule has 158 valence electrons. The van der Waals surface area contributed by atoms with E-state index < -0.39 is 35.3 Å². The van der Waals surface area contributed by atoms with Gasteiger partial charge in [0.2, 0.25) is 0 Å². The van der Waals surface area contributed by atoms with E-state index in [4.69, 9.17) is 4.42 Å². The molecule has 31 heavy (non-hydrogen) atoms. The van der Waals surface area contributed by atoms with E-state index in [1.165, 1.54) is 30.5 Å². The lowest BCUT2D eigenvalue weighted by Gasteiger charge is -2.20. The predicted octanol–water partition coefficient (Wildman–Crippen LogP) is 4.19. The van der Waals surface area contributed by atoms with Crippen LogP contribution in [0.3, 0.4) is 0 Å². The van der Waals surface area contributed by atoms with Crippen molar-refractivity contribution < 1.29 is 26.8 Å². The molecule has 0 aliphatic rings. The Hall–Kier alpha value is -3.95. The van der Waals surface area contributed by atoms with Crippen molar-refractivity contribution in [2.45, 2.75) is 12.2 Å². The molecule has 0 aliphatic carbocycles. The summed E-state index contributed by atoms with van der Waals surface area (Å²) in [5.74, 6) is -2.09. The molecule has 4 aromatic rings. The summed E-state index contributed by atoms with van der Waals surface area (Å²) >= 11 is 0. The molecule has 4 rings (SSSR count). The number of halogens is 4. The molecular weight excluding hydrogens is 418 g/mol. The van der Waals surface area contributed by atoms with Gasteiger partial charge >= 0.3 is 11.9 Å². The van der Waals surface area contributed by atoms with E-state index in [1.54, 1.807) is 0 Å². The Morgan fingerprint density at radius 1 is 1.10 bits per heavy atom. The second-order valence-electron chi connectivity index (χ2n) is 6.62. The topological polar surface area (TPSA) is 88.0 Å². The van der Waals surface area contributed by atoms with Gasteiger partial charge in [0.05, 0.1) is 17.1 Å². The number of nitrogens with zero attached hydrogens (tertiary/aromatic N) is 1. The maximum atomic E-state index is 14.4. The fourth-order valence-electron chi connectivity index (χ4n) is 3.09. The van der Waals surface area contributed by atoms with Gasteiger partial charge in [0, 0.05) is 11.8 Å². The van der Waals surface area contributed by atoms with Crippen molar-refractivity contribution in [1.82, 2.24) is 15.3 Å². The number of H-pyrrole nitrogens is 1. The fraction of sp³-hybridized carbons (Fsp3) is 0.0952. The number of aromatic nitrogens is 2. The average Bonchev–Trinajstić information content (AvgIpc) is 3.11. The summed E-state index contributed by atoms with van der Waals surface area (Å²) in [4.78, 5) is 30.5. The first-order valence-electron chi connectivity index (χ1n) is 8.93. The highest BCUT2D eigenvalue weighted by atomic mass is 19.4. The number of carbonyl (C=O) groups is 1. The lowest BCUT2D eigenvalue weighted by atomic mass is 10.00. The van der Waals surface area contributed by atoms with Gasteiger partial charge in [-0.3, -0.25) is 14.8 Å². The standard InChI is InChI=1S/C21H13F4N3O3/c22-14-2-1-9-26-18(14)17(11-3-6-13(7-4-11)21(23,24)25)28-19(29)12-5-8-15-16(10-12)31-20(30)27-15/h1-10,17H,(H,27,30)(H,28,29). The number of carbonyl (C=O) groups excluding carboxylic acids is 1. The van der Waals surface area contributed by atoms with Gasteiger partial charge < -0.3 is 9.73 Å². The van der Waals surface area contributed by atoms with Crippen molar-refractivity contribution in [1.29, 1.82) is 0 Å². The van der Waals surface area contributed by atoms with Gasteiger partial charge in [-0.25, -0.2) is 9.18 Å². The second-order valence-corrected chi connectivity index (χ2v) is 6.62. The molecule has 0 fully saturated rings. The van der Waals surface area contributed by atoms with Crippen LogP contribution in [-0.4, -0.2) is 15.9 Å². The highest BCUT2D eigenvalue weighted by Crippen LogP contribution is 2.31. The average molecular weight is 431 g/mol. The number of nitrogens with one attached hydrogen (secondary N) is 2. The maximum absolute atomic E-state index is 14.4. The summed E-state index contributed by atoms with van der Waals surface area (Å²) in [6.45, 7) is 0. The molecule has 1 atom stereocenters. The van der Waals surface area contributed by atoms with Crippen LogP contribution < -0.4 is 11.1 Å². The zero-order chi connectivity index (χ0) is 22.2. The van der Waals surface area contributed by atoms with Crippen LogP contribution in [0.25, 0.3) is 11.1 Å². The van der Waals surface area contributed by atoms with E-state index >= 15 is 0 Å². The number of fused-ring (bicyclic) bond motifs is 1. The summed E-state index contributed by atoms with van der Waals surface area (Å²) in [6.07, 6.45) is -3.23. The Bertz CT molecular complexity index is 1310. The lowest BCUT2D eigenvalue weighted by Crippen LogP contribution is -2.30. The first kappa shape index (κ1) is 20.3. The van der Waals surface area contributed by atoms with E-state index in [0.29, 0.717) is 5.52 Å². The van der Waals surface area contributed by atoms with Crippen LogP contribution in [0.15, 0.2) is 70.0 Å². The van der Waals surface area contributed by atoms with Crippen LogP contribution in [0, 0.1) is 5.82 Å². The quantitative estimate of drug-likeness (QED) is 0.475. The molecule has 0 bridgehead atoms. The highest BCUT2D eigenvalue weighted by Gasteiger charge is 2.31. The molecule has 10 heteroatoms. The minimum Gasteiger partial charge on any atom is -0.408 e. The molecule has 1 unspecified atom stereocenters. The normalized spacial score (nSPS) is 12.6. The summed E-state index contributed by atoms with van der Waals surface area (Å²) in [5, 5.41) is 2.58. The SMILES string of the molecule is O=C(NC(c1ccc(C(F)(F)F)cc1)c1ncccc1F)c1ccc2[nH]c(=O)oc2c1. The van der Waals surface area contributed by atoms with Crippen molar-refractivity contribution in [3.63, 3.8) is 0 Å². The van der Waals surface area contributed by atoms with Crippen molar-refractivity contribution in [3.05, 3.63) is 99.5 Å². The van der Waals surface area contributed by atoms with E-state index in [1.807, 2.05) is 0 Å². The molecular formula is C21H13F4N3O3. The van der Waals surface area contributed by atoms with Crippen LogP contribution >= 0.6 is 0 Å². The number of hydrogen-bond acceptors (Lipinski definition) is 4. The molecule has 2 N–H and O–H groups in total. The van der Waals surface area contributed by atoms with Crippen LogP contribution in [0.4, 0.5) is 17.6 Å². The van der Waals surface area contributed by atoms with E-state index in [2.05, 4.69) is 15.3 Å². The molecule has 2 aromatic carbocycles. The molecule has 0 radical (unpaired) electrons. The number of pyridine rings is 1. The number of aromatic amines is 1. The molecule has 0 spiro atoms. The third-order valence-electron chi connectivity index (χ3n) is 4.59. The van der Waals surface area contributed by atoms with Crippen molar-refractivity contribution in [3.8, 4) is 0 Å². The summed E-state index contributed by atoms with van der Waals surface area (Å²) in [5.41, 5.74) is -0.207. The number of alkyl halides is 3. The third-order valence-corrected chi connectivity index (χ3v) is 4.59. The van der Waals surface area contributed by atoms with Crippen LogP contribution in [0.5, 0.6) is 0 Å². The largest absolute Gasteiger partial charge is 0.417 e. The van der Waals surface area contributed by atoms with Gasteiger partial charge in [-0.2, -0.15) is 13.2 Å². The molecule has 0 saturated carbocycles. The molecule has 2 heterocycles. The minimum atomic E-state index is -4.54. The van der Waals surface area contributed by atoms with Crippen molar-refractivity contribution in [2.75, 3.05) is 0 Å².